The molecule has 3 atom stereocenters. The van der Waals surface area contributed by atoms with E-state index >= 15 is 0 Å². The minimum Gasteiger partial charge on any atom is -0.331 e. The molecule has 2 heterocycles. The van der Waals surface area contributed by atoms with Crippen LogP contribution in [0.25, 0.3) is 0 Å². The van der Waals surface area contributed by atoms with E-state index in [1.54, 1.807) is 0 Å². The van der Waals surface area contributed by atoms with Crippen molar-refractivity contribution in [2.45, 2.75) is 32.2 Å². The number of amides is 2. The predicted octanol–water partition coefficient (Wildman–Crippen LogP) is 2.93. The Bertz CT molecular complexity index is 769. The molecule has 1 N–H and O–H groups in total. The van der Waals surface area contributed by atoms with Gasteiger partial charge in [-0.05, 0) is 47.8 Å². The minimum atomic E-state index is 0.0854. The molecular formula is C20H26N4O. The quantitative estimate of drug-likeness (QED) is 0.935. The number of hydrogen-bond donors (Lipinski definition) is 1. The molecule has 1 aliphatic carbocycles. The van der Waals surface area contributed by atoms with Crippen molar-refractivity contribution in [3.05, 3.63) is 53.3 Å². The highest BCUT2D eigenvalue weighted by atomic mass is 16.2. The molecule has 0 saturated carbocycles. The molecule has 1 aliphatic heterocycles. The summed E-state index contributed by atoms with van der Waals surface area (Å²) in [6.45, 7) is 3.91. The predicted molar refractivity (Wildman–Crippen MR) is 97.2 cm³/mol. The second kappa shape index (κ2) is 6.54. The smallest absolute Gasteiger partial charge is 0.317 e. The number of hydrogen-bond acceptors (Lipinski definition) is 2. The van der Waals surface area contributed by atoms with Gasteiger partial charge in [-0.25, -0.2) is 4.79 Å². The molecule has 4 rings (SSSR count). The first-order chi connectivity index (χ1) is 12.1. The van der Waals surface area contributed by atoms with Crippen molar-refractivity contribution in [3.63, 3.8) is 0 Å². The number of rotatable bonds is 3. The molecule has 0 unspecified atom stereocenters. The normalized spacial score (nSPS) is 25.2. The van der Waals surface area contributed by atoms with E-state index in [4.69, 9.17) is 0 Å². The minimum absolute atomic E-state index is 0.0854. The Morgan fingerprint density at radius 3 is 3.00 bits per heavy atom. The van der Waals surface area contributed by atoms with Crippen molar-refractivity contribution in [2.24, 2.45) is 18.9 Å². The monoisotopic (exact) mass is 338 g/mol. The van der Waals surface area contributed by atoms with Crippen LogP contribution in [0.1, 0.15) is 36.1 Å². The maximum atomic E-state index is 12.8. The van der Waals surface area contributed by atoms with Gasteiger partial charge < -0.3 is 10.2 Å². The van der Waals surface area contributed by atoms with Gasteiger partial charge in [0.25, 0.3) is 0 Å². The van der Waals surface area contributed by atoms with Gasteiger partial charge in [-0.15, -0.1) is 0 Å². The summed E-state index contributed by atoms with van der Waals surface area (Å²) in [7, 11) is 1.94. The number of nitrogens with zero attached hydrogens (tertiary/aromatic N) is 3. The van der Waals surface area contributed by atoms with E-state index in [1.807, 2.05) is 22.8 Å². The molecule has 2 aliphatic rings. The fourth-order valence-corrected chi connectivity index (χ4v) is 4.33. The number of urea groups is 1. The Hall–Kier alpha value is -2.30. The third-order valence-electron chi connectivity index (χ3n) is 5.64. The number of likely N-dealkylation sites (tertiary alicyclic amines) is 1. The van der Waals surface area contributed by atoms with Crippen molar-refractivity contribution in [1.29, 1.82) is 0 Å². The van der Waals surface area contributed by atoms with Crippen LogP contribution >= 0.6 is 0 Å². The van der Waals surface area contributed by atoms with Gasteiger partial charge in [0, 0.05) is 26.3 Å². The van der Waals surface area contributed by atoms with Gasteiger partial charge in [-0.3, -0.25) is 4.68 Å². The lowest BCUT2D eigenvalue weighted by atomic mass is 10.0. The van der Waals surface area contributed by atoms with Gasteiger partial charge in [-0.1, -0.05) is 31.2 Å². The van der Waals surface area contributed by atoms with E-state index in [0.717, 1.165) is 32.4 Å². The van der Waals surface area contributed by atoms with Crippen molar-refractivity contribution >= 4 is 6.03 Å². The first-order valence-electron chi connectivity index (χ1n) is 9.21. The molecule has 2 aromatic rings. The van der Waals surface area contributed by atoms with Crippen molar-refractivity contribution in [2.75, 3.05) is 13.1 Å². The zero-order valence-electron chi connectivity index (χ0n) is 15.0. The summed E-state index contributed by atoms with van der Waals surface area (Å²) < 4.78 is 1.84. The molecule has 0 bridgehead atoms. The lowest BCUT2D eigenvalue weighted by Gasteiger charge is -2.24. The number of nitrogens with one attached hydrogen (secondary N) is 1. The van der Waals surface area contributed by atoms with Gasteiger partial charge in [0.05, 0.1) is 12.2 Å². The van der Waals surface area contributed by atoms with Crippen LogP contribution in [0.4, 0.5) is 4.79 Å². The average molecular weight is 338 g/mol. The summed E-state index contributed by atoms with van der Waals surface area (Å²) in [6.07, 6.45) is 7.11. The van der Waals surface area contributed by atoms with Crippen LogP contribution in [0.3, 0.4) is 0 Å². The van der Waals surface area contributed by atoms with E-state index in [0.29, 0.717) is 11.8 Å². The van der Waals surface area contributed by atoms with E-state index < -0.39 is 0 Å². The van der Waals surface area contributed by atoms with Crippen LogP contribution in [0.2, 0.25) is 0 Å². The van der Waals surface area contributed by atoms with E-state index in [9.17, 15) is 4.79 Å². The molecule has 1 fully saturated rings. The van der Waals surface area contributed by atoms with Crippen molar-refractivity contribution < 1.29 is 4.79 Å². The Balaban J connectivity index is 1.36. The van der Waals surface area contributed by atoms with Gasteiger partial charge in [0.15, 0.2) is 0 Å². The molecule has 25 heavy (non-hydrogen) atoms. The fourth-order valence-electron chi connectivity index (χ4n) is 4.33. The van der Waals surface area contributed by atoms with Crippen LogP contribution in [0.5, 0.6) is 0 Å². The standard InChI is InChI=1S/C20H26N4O/c1-14-9-17-5-3-4-6-18(17)19(14)22-20(25)24-8-7-15(13-24)10-16-11-21-23(2)12-16/h3-6,11-12,14-15,19H,7-10,13H2,1-2H3,(H,22,25)/t14-,15+,19+/m1/s1. The lowest BCUT2D eigenvalue weighted by molar-refractivity contribution is 0.199. The highest BCUT2D eigenvalue weighted by molar-refractivity contribution is 5.75. The zero-order valence-corrected chi connectivity index (χ0v) is 15.0. The summed E-state index contributed by atoms with van der Waals surface area (Å²) in [6, 6.07) is 8.70. The summed E-state index contributed by atoms with van der Waals surface area (Å²) >= 11 is 0. The lowest BCUT2D eigenvalue weighted by Crippen LogP contribution is -2.41. The summed E-state index contributed by atoms with van der Waals surface area (Å²) in [5, 5.41) is 7.52. The number of carbonyl (C=O) groups excluding carboxylic acids is 1. The number of aromatic nitrogens is 2. The van der Waals surface area contributed by atoms with Gasteiger partial charge in [-0.2, -0.15) is 5.10 Å². The summed E-state index contributed by atoms with van der Waals surface area (Å²) in [5.74, 6) is 0.985. The van der Waals surface area contributed by atoms with Gasteiger partial charge >= 0.3 is 6.03 Å². The molecular weight excluding hydrogens is 312 g/mol. The first kappa shape index (κ1) is 16.2. The average Bonchev–Trinajstić information content (AvgIpc) is 3.29. The van der Waals surface area contributed by atoms with Crippen LogP contribution in [-0.2, 0) is 19.9 Å². The highest BCUT2D eigenvalue weighted by Crippen LogP contribution is 2.35. The molecule has 1 aromatic heterocycles. The summed E-state index contributed by atoms with van der Waals surface area (Å²) in [5.41, 5.74) is 3.92. The van der Waals surface area contributed by atoms with Crippen LogP contribution in [0.15, 0.2) is 36.7 Å². The first-order valence-corrected chi connectivity index (χ1v) is 9.21. The molecule has 1 aromatic carbocycles. The molecule has 0 spiro atoms. The SMILES string of the molecule is C[C@@H]1Cc2ccccc2[C@H]1NC(=O)N1CC[C@@H](Cc2cnn(C)c2)C1. The highest BCUT2D eigenvalue weighted by Gasteiger charge is 2.33. The topological polar surface area (TPSA) is 50.2 Å². The second-order valence-electron chi connectivity index (χ2n) is 7.63. The number of aryl methyl sites for hydroxylation is 1. The van der Waals surface area contributed by atoms with Crippen molar-refractivity contribution in [1.82, 2.24) is 20.0 Å². The Morgan fingerprint density at radius 1 is 1.36 bits per heavy atom. The Morgan fingerprint density at radius 2 is 2.20 bits per heavy atom. The maximum absolute atomic E-state index is 12.8. The molecule has 5 heteroatoms. The molecule has 0 radical (unpaired) electrons. The third-order valence-corrected chi connectivity index (χ3v) is 5.64. The summed E-state index contributed by atoms with van der Waals surface area (Å²) in [4.78, 5) is 14.7. The van der Waals surface area contributed by atoms with E-state index in [2.05, 4.69) is 47.8 Å². The molecule has 132 valence electrons. The third kappa shape index (κ3) is 3.28. The van der Waals surface area contributed by atoms with Gasteiger partial charge in [0.1, 0.15) is 0 Å². The molecule has 5 nitrogen and oxygen atoms in total. The van der Waals surface area contributed by atoms with Crippen LogP contribution < -0.4 is 5.32 Å². The van der Waals surface area contributed by atoms with Crippen LogP contribution in [-0.4, -0.2) is 33.8 Å². The second-order valence-corrected chi connectivity index (χ2v) is 7.63. The Kier molecular flexibility index (Phi) is 4.24. The number of benzene rings is 1. The largest absolute Gasteiger partial charge is 0.331 e. The van der Waals surface area contributed by atoms with Gasteiger partial charge in [0.2, 0.25) is 0 Å². The number of carbonyl (C=O) groups is 1. The van der Waals surface area contributed by atoms with Crippen LogP contribution in [0, 0.1) is 11.8 Å². The van der Waals surface area contributed by atoms with Crippen molar-refractivity contribution in [3.8, 4) is 0 Å². The van der Waals surface area contributed by atoms with E-state index in [-0.39, 0.29) is 12.1 Å². The Labute approximate surface area is 149 Å². The van der Waals surface area contributed by atoms with E-state index in [1.165, 1.54) is 16.7 Å². The molecule has 2 amide bonds. The number of fused-ring (bicyclic) bond motifs is 1. The fraction of sp³-hybridized carbons (Fsp3) is 0.500. The zero-order chi connectivity index (χ0) is 17.4. The maximum Gasteiger partial charge on any atom is 0.317 e. The molecule has 1 saturated heterocycles.